The van der Waals surface area contributed by atoms with Crippen molar-refractivity contribution in [1.82, 2.24) is 5.32 Å². The molecular weight excluding hydrogens is 224 g/mol. The lowest BCUT2D eigenvalue weighted by molar-refractivity contribution is -0.122. The molecule has 0 radical (unpaired) electrons. The van der Waals surface area contributed by atoms with Crippen LogP contribution in [0.1, 0.15) is 38.2 Å². The zero-order chi connectivity index (χ0) is 13.2. The molecule has 0 fully saturated rings. The summed E-state index contributed by atoms with van der Waals surface area (Å²) in [5.41, 5.74) is 7.09. The third-order valence-corrected chi connectivity index (χ3v) is 2.99. The molecule has 0 heterocycles. The lowest BCUT2D eigenvalue weighted by Gasteiger charge is -2.11. The predicted molar refractivity (Wildman–Crippen MR) is 75.3 cm³/mol. The van der Waals surface area contributed by atoms with Gasteiger partial charge in [0.15, 0.2) is 0 Å². The molecule has 0 aliphatic rings. The maximum Gasteiger partial charge on any atom is 0.236 e. The smallest absolute Gasteiger partial charge is 0.236 e. The molecule has 100 valence electrons. The van der Waals surface area contributed by atoms with Gasteiger partial charge < -0.3 is 11.1 Å². The van der Waals surface area contributed by atoms with Crippen LogP contribution in [0.4, 0.5) is 0 Å². The van der Waals surface area contributed by atoms with Gasteiger partial charge in [-0.1, -0.05) is 50.1 Å². The van der Waals surface area contributed by atoms with E-state index in [1.807, 2.05) is 18.2 Å². The summed E-state index contributed by atoms with van der Waals surface area (Å²) in [5.74, 6) is -0.0171. The van der Waals surface area contributed by atoms with Crippen molar-refractivity contribution in [2.75, 3.05) is 6.54 Å². The quantitative estimate of drug-likeness (QED) is 0.693. The van der Waals surface area contributed by atoms with Crippen molar-refractivity contribution in [2.45, 2.75) is 45.1 Å². The van der Waals surface area contributed by atoms with Crippen LogP contribution in [0.2, 0.25) is 0 Å². The number of hydrogen-bond donors (Lipinski definition) is 2. The van der Waals surface area contributed by atoms with Gasteiger partial charge in [-0.2, -0.15) is 0 Å². The van der Waals surface area contributed by atoms with Crippen LogP contribution < -0.4 is 11.1 Å². The molecule has 0 spiro atoms. The highest BCUT2D eigenvalue weighted by Gasteiger charge is 2.11. The molecule has 1 rings (SSSR count). The Hall–Kier alpha value is -1.35. The van der Waals surface area contributed by atoms with E-state index in [9.17, 15) is 4.79 Å². The van der Waals surface area contributed by atoms with Crippen LogP contribution >= 0.6 is 0 Å². The van der Waals surface area contributed by atoms with E-state index in [2.05, 4.69) is 24.4 Å². The van der Waals surface area contributed by atoms with Gasteiger partial charge in [-0.05, 0) is 24.8 Å². The Labute approximate surface area is 110 Å². The van der Waals surface area contributed by atoms with Crippen LogP contribution in [-0.2, 0) is 11.2 Å². The van der Waals surface area contributed by atoms with Crippen molar-refractivity contribution in [3.8, 4) is 0 Å². The Bertz CT molecular complexity index is 338. The highest BCUT2D eigenvalue weighted by molar-refractivity contribution is 5.81. The fourth-order valence-corrected chi connectivity index (χ4v) is 1.84. The second-order valence-electron chi connectivity index (χ2n) is 4.63. The summed E-state index contributed by atoms with van der Waals surface area (Å²) in [6.07, 6.45) is 4.82. The van der Waals surface area contributed by atoms with E-state index in [0.29, 0.717) is 6.54 Å². The van der Waals surface area contributed by atoms with Gasteiger partial charge in [0.1, 0.15) is 0 Å². The number of rotatable bonds is 8. The molecule has 0 saturated heterocycles. The molecule has 0 aliphatic heterocycles. The Morgan fingerprint density at radius 3 is 2.67 bits per heavy atom. The topological polar surface area (TPSA) is 55.1 Å². The van der Waals surface area contributed by atoms with Crippen LogP contribution in [0.25, 0.3) is 0 Å². The summed E-state index contributed by atoms with van der Waals surface area (Å²) >= 11 is 0. The molecule has 18 heavy (non-hydrogen) atoms. The minimum absolute atomic E-state index is 0.0171. The third kappa shape index (κ3) is 5.82. The van der Waals surface area contributed by atoms with Crippen molar-refractivity contribution in [3.05, 3.63) is 35.9 Å². The molecule has 0 saturated carbocycles. The molecular formula is C15H24N2O. The molecule has 1 amide bonds. The molecule has 1 aromatic rings. The Morgan fingerprint density at radius 1 is 1.28 bits per heavy atom. The highest BCUT2D eigenvalue weighted by Crippen LogP contribution is 2.02. The van der Waals surface area contributed by atoms with E-state index < -0.39 is 0 Å². The van der Waals surface area contributed by atoms with Gasteiger partial charge in [-0.25, -0.2) is 0 Å². The average molecular weight is 248 g/mol. The minimum Gasteiger partial charge on any atom is -0.355 e. The summed E-state index contributed by atoms with van der Waals surface area (Å²) < 4.78 is 0. The first-order valence-corrected chi connectivity index (χ1v) is 6.81. The van der Waals surface area contributed by atoms with Crippen LogP contribution in [0.5, 0.6) is 0 Å². The summed E-state index contributed by atoms with van der Waals surface area (Å²) in [7, 11) is 0. The summed E-state index contributed by atoms with van der Waals surface area (Å²) in [5, 5.41) is 2.90. The van der Waals surface area contributed by atoms with E-state index in [-0.39, 0.29) is 11.9 Å². The van der Waals surface area contributed by atoms with Crippen molar-refractivity contribution < 1.29 is 4.79 Å². The monoisotopic (exact) mass is 248 g/mol. The number of benzene rings is 1. The van der Waals surface area contributed by atoms with Gasteiger partial charge in [0.25, 0.3) is 0 Å². The first-order chi connectivity index (χ1) is 8.74. The summed E-state index contributed by atoms with van der Waals surface area (Å²) in [4.78, 5) is 11.6. The molecule has 0 aromatic heterocycles. The SMILES string of the molecule is CCCCC(N)C(=O)NCCCc1ccccc1. The first-order valence-electron chi connectivity index (χ1n) is 6.81. The second-order valence-corrected chi connectivity index (χ2v) is 4.63. The average Bonchev–Trinajstić information content (AvgIpc) is 2.41. The van der Waals surface area contributed by atoms with Crippen LogP contribution in [0.15, 0.2) is 30.3 Å². The molecule has 3 nitrogen and oxygen atoms in total. The standard InChI is InChI=1S/C15H24N2O/c1-2-3-11-14(16)15(18)17-12-7-10-13-8-5-4-6-9-13/h4-6,8-9,14H,2-3,7,10-12,16H2,1H3,(H,17,18). The maximum atomic E-state index is 11.6. The largest absolute Gasteiger partial charge is 0.355 e. The first kappa shape index (κ1) is 14.7. The van der Waals surface area contributed by atoms with Gasteiger partial charge >= 0.3 is 0 Å². The predicted octanol–water partition coefficient (Wildman–Crippen LogP) is 2.25. The fourth-order valence-electron chi connectivity index (χ4n) is 1.84. The lowest BCUT2D eigenvalue weighted by atomic mass is 10.1. The zero-order valence-electron chi connectivity index (χ0n) is 11.2. The molecule has 3 heteroatoms. The lowest BCUT2D eigenvalue weighted by Crippen LogP contribution is -2.40. The minimum atomic E-state index is -0.346. The molecule has 1 aromatic carbocycles. The van der Waals surface area contributed by atoms with E-state index in [4.69, 9.17) is 5.73 Å². The molecule has 0 bridgehead atoms. The van der Waals surface area contributed by atoms with Crippen LogP contribution in [0, 0.1) is 0 Å². The van der Waals surface area contributed by atoms with Gasteiger partial charge in [0.2, 0.25) is 5.91 Å². The van der Waals surface area contributed by atoms with E-state index in [0.717, 1.165) is 32.1 Å². The van der Waals surface area contributed by atoms with Crippen molar-refractivity contribution in [2.24, 2.45) is 5.73 Å². The summed E-state index contributed by atoms with van der Waals surface area (Å²) in [6, 6.07) is 9.95. The van der Waals surface area contributed by atoms with E-state index in [1.54, 1.807) is 0 Å². The number of nitrogens with two attached hydrogens (primary N) is 1. The van der Waals surface area contributed by atoms with E-state index >= 15 is 0 Å². The molecule has 1 atom stereocenters. The van der Waals surface area contributed by atoms with Crippen molar-refractivity contribution >= 4 is 5.91 Å². The number of amides is 1. The van der Waals surface area contributed by atoms with Crippen LogP contribution in [0.3, 0.4) is 0 Å². The van der Waals surface area contributed by atoms with Gasteiger partial charge in [-0.15, -0.1) is 0 Å². The summed E-state index contributed by atoms with van der Waals surface area (Å²) in [6.45, 7) is 2.80. The zero-order valence-corrected chi connectivity index (χ0v) is 11.2. The van der Waals surface area contributed by atoms with Crippen molar-refractivity contribution in [1.29, 1.82) is 0 Å². The van der Waals surface area contributed by atoms with Crippen LogP contribution in [-0.4, -0.2) is 18.5 Å². The fraction of sp³-hybridized carbons (Fsp3) is 0.533. The number of hydrogen-bond acceptors (Lipinski definition) is 2. The third-order valence-electron chi connectivity index (χ3n) is 2.99. The van der Waals surface area contributed by atoms with Gasteiger partial charge in [-0.3, -0.25) is 4.79 Å². The van der Waals surface area contributed by atoms with Gasteiger partial charge in [0, 0.05) is 6.54 Å². The number of nitrogens with one attached hydrogen (secondary N) is 1. The molecule has 0 aliphatic carbocycles. The number of carbonyl (C=O) groups excluding carboxylic acids is 1. The number of carbonyl (C=O) groups is 1. The molecule has 1 unspecified atom stereocenters. The van der Waals surface area contributed by atoms with E-state index in [1.165, 1.54) is 5.56 Å². The number of aryl methyl sites for hydroxylation is 1. The highest BCUT2D eigenvalue weighted by atomic mass is 16.2. The number of unbranched alkanes of at least 4 members (excludes halogenated alkanes) is 1. The van der Waals surface area contributed by atoms with Gasteiger partial charge in [0.05, 0.1) is 6.04 Å². The Balaban J connectivity index is 2.12. The maximum absolute atomic E-state index is 11.6. The Kier molecular flexibility index (Phi) is 7.11. The molecule has 3 N–H and O–H groups in total. The second kappa shape index (κ2) is 8.70. The Morgan fingerprint density at radius 2 is 2.00 bits per heavy atom. The normalized spacial score (nSPS) is 12.1. The van der Waals surface area contributed by atoms with Crippen molar-refractivity contribution in [3.63, 3.8) is 0 Å².